The molecule has 0 aliphatic carbocycles. The van der Waals surface area contributed by atoms with Crippen molar-refractivity contribution in [1.29, 1.82) is 0 Å². The molecule has 1 saturated heterocycles. The van der Waals surface area contributed by atoms with E-state index in [1.807, 2.05) is 0 Å². The van der Waals surface area contributed by atoms with Crippen LogP contribution >= 0.6 is 0 Å². The van der Waals surface area contributed by atoms with Gasteiger partial charge in [-0.25, -0.2) is 8.42 Å². The zero-order valence-electron chi connectivity index (χ0n) is 15.6. The second-order valence-corrected chi connectivity index (χ2v) is 8.74. The monoisotopic (exact) mass is 426 g/mol. The highest BCUT2D eigenvalue weighted by atomic mass is 32.2. The van der Waals surface area contributed by atoms with Crippen molar-refractivity contribution in [3.8, 4) is 0 Å². The number of benzene rings is 2. The highest BCUT2D eigenvalue weighted by Crippen LogP contribution is 2.31. The third kappa shape index (κ3) is 4.97. The van der Waals surface area contributed by atoms with Gasteiger partial charge in [-0.1, -0.05) is 24.3 Å². The summed E-state index contributed by atoms with van der Waals surface area (Å²) in [6.07, 6.45) is -2.53. The quantitative estimate of drug-likeness (QED) is 0.769. The molecule has 1 N–H and O–H groups in total. The van der Waals surface area contributed by atoms with E-state index in [0.29, 0.717) is 19.5 Å². The summed E-state index contributed by atoms with van der Waals surface area (Å²) >= 11 is 0. The van der Waals surface area contributed by atoms with Crippen LogP contribution < -0.4 is 5.32 Å². The fourth-order valence-corrected chi connectivity index (χ4v) is 4.77. The zero-order valence-corrected chi connectivity index (χ0v) is 16.4. The Kier molecular flexibility index (Phi) is 6.28. The highest BCUT2D eigenvalue weighted by molar-refractivity contribution is 7.89. The lowest BCUT2D eigenvalue weighted by atomic mass is 10.1. The molecule has 0 spiro atoms. The van der Waals surface area contributed by atoms with Crippen LogP contribution in [0.4, 0.5) is 13.2 Å². The van der Waals surface area contributed by atoms with Crippen molar-refractivity contribution >= 4 is 15.9 Å². The topological polar surface area (TPSA) is 66.5 Å². The van der Waals surface area contributed by atoms with Crippen molar-refractivity contribution in [2.24, 2.45) is 0 Å². The molecule has 0 atom stereocenters. The van der Waals surface area contributed by atoms with Gasteiger partial charge in [-0.2, -0.15) is 17.5 Å². The van der Waals surface area contributed by atoms with Gasteiger partial charge >= 0.3 is 6.18 Å². The van der Waals surface area contributed by atoms with Gasteiger partial charge in [0.1, 0.15) is 0 Å². The Hall–Kier alpha value is -2.39. The Balaban J connectivity index is 1.60. The molecule has 2 aromatic rings. The summed E-state index contributed by atoms with van der Waals surface area (Å²) in [5.41, 5.74) is -0.629. The number of sulfonamides is 1. The fourth-order valence-electron chi connectivity index (χ4n) is 3.25. The van der Waals surface area contributed by atoms with Crippen LogP contribution in [0.2, 0.25) is 0 Å². The first-order valence-electron chi connectivity index (χ1n) is 9.23. The van der Waals surface area contributed by atoms with E-state index in [4.69, 9.17) is 0 Å². The Morgan fingerprint density at radius 1 is 1.00 bits per heavy atom. The number of nitrogens with zero attached hydrogens (tertiary/aromatic N) is 1. The second-order valence-electron chi connectivity index (χ2n) is 6.80. The standard InChI is InChI=1S/C20H21F3N2O3S/c21-20(22,23)18-6-2-1-5-17(18)19(26)24-12-11-15-7-9-16(10-8-15)29(27,28)25-13-3-4-14-25/h1-2,5-10H,3-4,11-14H2,(H,24,26). The maximum Gasteiger partial charge on any atom is 0.417 e. The molecule has 1 aliphatic rings. The smallest absolute Gasteiger partial charge is 0.352 e. The highest BCUT2D eigenvalue weighted by Gasteiger charge is 2.34. The molecule has 0 bridgehead atoms. The van der Waals surface area contributed by atoms with Gasteiger partial charge in [-0.15, -0.1) is 0 Å². The van der Waals surface area contributed by atoms with Crippen LogP contribution in [0.1, 0.15) is 34.3 Å². The Bertz CT molecular complexity index is 967. The zero-order chi connectivity index (χ0) is 21.1. The van der Waals surface area contributed by atoms with Crippen molar-refractivity contribution in [2.45, 2.75) is 30.3 Å². The summed E-state index contributed by atoms with van der Waals surface area (Å²) in [4.78, 5) is 12.4. The van der Waals surface area contributed by atoms with E-state index >= 15 is 0 Å². The minimum absolute atomic E-state index is 0.128. The molecule has 1 amide bonds. The van der Waals surface area contributed by atoms with Gasteiger partial charge in [0.2, 0.25) is 10.0 Å². The average molecular weight is 426 g/mol. The van der Waals surface area contributed by atoms with Crippen LogP contribution in [0.25, 0.3) is 0 Å². The van der Waals surface area contributed by atoms with Gasteiger partial charge < -0.3 is 5.32 Å². The van der Waals surface area contributed by atoms with E-state index in [1.54, 1.807) is 12.1 Å². The Labute approximate surface area is 167 Å². The molecule has 0 aromatic heterocycles. The predicted molar refractivity (Wildman–Crippen MR) is 102 cm³/mol. The number of amides is 1. The molecule has 156 valence electrons. The van der Waals surface area contributed by atoms with Crippen molar-refractivity contribution in [3.05, 3.63) is 65.2 Å². The van der Waals surface area contributed by atoms with Crippen molar-refractivity contribution in [1.82, 2.24) is 9.62 Å². The third-order valence-electron chi connectivity index (χ3n) is 4.80. The molecular weight excluding hydrogens is 405 g/mol. The van der Waals surface area contributed by atoms with E-state index in [1.165, 1.54) is 28.6 Å². The maximum atomic E-state index is 13.0. The fraction of sp³-hybridized carbons (Fsp3) is 0.350. The lowest BCUT2D eigenvalue weighted by Gasteiger charge is -2.15. The first kappa shape index (κ1) is 21.3. The lowest BCUT2D eigenvalue weighted by Crippen LogP contribution is -2.28. The van der Waals surface area contributed by atoms with Gasteiger partial charge in [-0.05, 0) is 49.1 Å². The average Bonchev–Trinajstić information content (AvgIpc) is 3.23. The SMILES string of the molecule is O=C(NCCc1ccc(S(=O)(=O)N2CCCC2)cc1)c1ccccc1C(F)(F)F. The summed E-state index contributed by atoms with van der Waals surface area (Å²) in [5.74, 6) is -0.800. The summed E-state index contributed by atoms with van der Waals surface area (Å²) in [5, 5.41) is 2.48. The summed E-state index contributed by atoms with van der Waals surface area (Å²) in [6, 6.07) is 11.0. The summed E-state index contributed by atoms with van der Waals surface area (Å²) < 4.78 is 65.5. The van der Waals surface area contributed by atoms with Crippen LogP contribution in [0.3, 0.4) is 0 Å². The van der Waals surface area contributed by atoms with Crippen LogP contribution in [0.15, 0.2) is 53.4 Å². The number of carbonyl (C=O) groups is 1. The number of nitrogens with one attached hydrogen (secondary N) is 1. The van der Waals surface area contributed by atoms with E-state index < -0.39 is 33.2 Å². The minimum atomic E-state index is -4.61. The molecule has 2 aromatic carbocycles. The third-order valence-corrected chi connectivity index (χ3v) is 6.72. The van der Waals surface area contributed by atoms with Gasteiger partial charge in [-0.3, -0.25) is 4.79 Å². The molecule has 1 aliphatic heterocycles. The van der Waals surface area contributed by atoms with Crippen molar-refractivity contribution < 1.29 is 26.4 Å². The van der Waals surface area contributed by atoms with Crippen molar-refractivity contribution in [2.75, 3.05) is 19.6 Å². The van der Waals surface area contributed by atoms with Gasteiger partial charge in [0.15, 0.2) is 0 Å². The molecule has 3 rings (SSSR count). The molecular formula is C20H21F3N2O3S. The molecule has 1 fully saturated rings. The first-order valence-corrected chi connectivity index (χ1v) is 10.7. The van der Waals surface area contributed by atoms with E-state index in [2.05, 4.69) is 5.32 Å². The Morgan fingerprint density at radius 3 is 2.24 bits per heavy atom. The largest absolute Gasteiger partial charge is 0.417 e. The number of hydrogen-bond donors (Lipinski definition) is 1. The predicted octanol–water partition coefficient (Wildman–Crippen LogP) is 3.46. The molecule has 5 nitrogen and oxygen atoms in total. The van der Waals surface area contributed by atoms with Crippen molar-refractivity contribution in [3.63, 3.8) is 0 Å². The van der Waals surface area contributed by atoms with Crippen LogP contribution in [-0.2, 0) is 22.6 Å². The van der Waals surface area contributed by atoms with Crippen LogP contribution in [0, 0.1) is 0 Å². The summed E-state index contributed by atoms with van der Waals surface area (Å²) in [6.45, 7) is 1.17. The molecule has 0 unspecified atom stereocenters. The number of halogens is 3. The molecule has 0 radical (unpaired) electrons. The van der Waals surface area contributed by atoms with E-state index in [9.17, 15) is 26.4 Å². The molecule has 0 saturated carbocycles. The lowest BCUT2D eigenvalue weighted by molar-refractivity contribution is -0.137. The molecule has 9 heteroatoms. The van der Waals surface area contributed by atoms with E-state index in [0.717, 1.165) is 30.5 Å². The van der Waals surface area contributed by atoms with Gasteiger partial charge in [0.25, 0.3) is 5.91 Å². The number of hydrogen-bond acceptors (Lipinski definition) is 3. The molecule has 1 heterocycles. The minimum Gasteiger partial charge on any atom is -0.352 e. The van der Waals surface area contributed by atoms with Crippen LogP contribution in [0.5, 0.6) is 0 Å². The van der Waals surface area contributed by atoms with Crippen LogP contribution in [-0.4, -0.2) is 38.3 Å². The first-order chi connectivity index (χ1) is 13.7. The molecule has 29 heavy (non-hydrogen) atoms. The van der Waals surface area contributed by atoms with E-state index in [-0.39, 0.29) is 11.4 Å². The number of carbonyl (C=O) groups excluding carboxylic acids is 1. The maximum absolute atomic E-state index is 13.0. The van der Waals surface area contributed by atoms with Gasteiger partial charge in [0, 0.05) is 19.6 Å². The summed E-state index contributed by atoms with van der Waals surface area (Å²) in [7, 11) is -3.49. The second kappa shape index (κ2) is 8.54. The van der Waals surface area contributed by atoms with Gasteiger partial charge in [0.05, 0.1) is 16.0 Å². The normalized spacial score (nSPS) is 15.4. The Morgan fingerprint density at radius 2 is 1.62 bits per heavy atom. The number of rotatable bonds is 6. The number of alkyl halides is 3.